The number of unbranched alkanes of at least 4 members (excludes halogenated alkanes) is 5. The molecular formula is C18H35NO4. The summed E-state index contributed by atoms with van der Waals surface area (Å²) in [5, 5.41) is 2.67. The predicted octanol–water partition coefficient (Wildman–Crippen LogP) is 4.30. The van der Waals surface area contributed by atoms with Crippen LogP contribution in [-0.2, 0) is 14.3 Å². The second-order valence-corrected chi connectivity index (χ2v) is 6.56. The lowest BCUT2D eigenvalue weighted by atomic mass is 9.94. The first kappa shape index (κ1) is 21.7. The van der Waals surface area contributed by atoms with Crippen LogP contribution in [0.15, 0.2) is 0 Å². The first-order chi connectivity index (χ1) is 11.0. The highest BCUT2D eigenvalue weighted by Crippen LogP contribution is 2.16. The van der Waals surface area contributed by atoms with E-state index in [1.165, 1.54) is 32.8 Å². The molecule has 0 heterocycles. The van der Waals surface area contributed by atoms with Gasteiger partial charge in [0.1, 0.15) is 0 Å². The molecule has 0 fully saturated rings. The lowest BCUT2D eigenvalue weighted by Gasteiger charge is -2.18. The van der Waals surface area contributed by atoms with Gasteiger partial charge < -0.3 is 14.8 Å². The van der Waals surface area contributed by atoms with Crippen LogP contribution in [0.3, 0.4) is 0 Å². The Morgan fingerprint density at radius 1 is 1.04 bits per heavy atom. The lowest BCUT2D eigenvalue weighted by molar-refractivity contribution is -0.145. The quantitative estimate of drug-likeness (QED) is 0.404. The maximum atomic E-state index is 11.9. The van der Waals surface area contributed by atoms with E-state index in [1.54, 1.807) is 0 Å². The van der Waals surface area contributed by atoms with Crippen LogP contribution < -0.4 is 5.32 Å². The molecule has 0 aliphatic carbocycles. The molecule has 0 aliphatic rings. The molecule has 23 heavy (non-hydrogen) atoms. The molecule has 0 aromatic carbocycles. The van der Waals surface area contributed by atoms with Gasteiger partial charge in [0.15, 0.2) is 0 Å². The highest BCUT2D eigenvalue weighted by atomic mass is 16.5. The van der Waals surface area contributed by atoms with Crippen molar-refractivity contribution in [1.29, 1.82) is 0 Å². The monoisotopic (exact) mass is 329 g/mol. The minimum absolute atomic E-state index is 0.0890. The number of rotatable bonds is 13. The van der Waals surface area contributed by atoms with Crippen molar-refractivity contribution < 1.29 is 19.1 Å². The zero-order chi connectivity index (χ0) is 17.5. The smallest absolute Gasteiger partial charge is 0.406 e. The fourth-order valence-corrected chi connectivity index (χ4v) is 2.57. The van der Waals surface area contributed by atoms with E-state index in [-0.39, 0.29) is 11.9 Å². The van der Waals surface area contributed by atoms with Crippen LogP contribution in [0.25, 0.3) is 0 Å². The Morgan fingerprint density at radius 2 is 1.70 bits per heavy atom. The first-order valence-corrected chi connectivity index (χ1v) is 8.97. The molecule has 5 heteroatoms. The largest absolute Gasteiger partial charge is 0.466 e. The topological polar surface area (TPSA) is 64.6 Å². The number of nitrogens with one attached hydrogen (secondary N) is 1. The average Bonchev–Trinajstić information content (AvgIpc) is 2.50. The van der Waals surface area contributed by atoms with Crippen LogP contribution in [0, 0.1) is 11.8 Å². The molecule has 0 saturated carbocycles. The number of hydrogen-bond donors (Lipinski definition) is 1. The van der Waals surface area contributed by atoms with Crippen molar-refractivity contribution in [2.45, 2.75) is 72.1 Å². The number of carbonyl (C=O) groups excluding carboxylic acids is 2. The van der Waals surface area contributed by atoms with Crippen LogP contribution in [0.4, 0.5) is 4.79 Å². The molecule has 0 spiro atoms. The van der Waals surface area contributed by atoms with Gasteiger partial charge in [-0.2, -0.15) is 0 Å². The zero-order valence-electron chi connectivity index (χ0n) is 15.4. The van der Waals surface area contributed by atoms with Gasteiger partial charge in [-0.15, -0.1) is 0 Å². The number of ether oxygens (including phenoxy) is 2. The molecule has 136 valence electrons. The molecule has 0 aromatic rings. The Labute approximate surface area is 141 Å². The molecule has 0 unspecified atom stereocenters. The van der Waals surface area contributed by atoms with E-state index in [1.807, 2.05) is 0 Å². The normalized spacial score (nSPS) is 12.0. The lowest BCUT2D eigenvalue weighted by Crippen LogP contribution is -2.31. The number of esters is 1. The number of hydrogen-bond acceptors (Lipinski definition) is 4. The van der Waals surface area contributed by atoms with Crippen molar-refractivity contribution in [3.63, 3.8) is 0 Å². The first-order valence-electron chi connectivity index (χ1n) is 8.97. The summed E-state index contributed by atoms with van der Waals surface area (Å²) >= 11 is 0. The SMILES string of the molecule is CCCCCCCCOC(=O)C[C@@H](CNC(=O)OC)CC(C)C. The van der Waals surface area contributed by atoms with E-state index >= 15 is 0 Å². The number of amides is 1. The van der Waals surface area contributed by atoms with Gasteiger partial charge in [-0.05, 0) is 24.7 Å². The molecule has 0 bridgehead atoms. The zero-order valence-corrected chi connectivity index (χ0v) is 15.4. The molecule has 0 aliphatic heterocycles. The minimum atomic E-state index is -0.459. The Bertz CT molecular complexity index is 318. The second-order valence-electron chi connectivity index (χ2n) is 6.56. The van der Waals surface area contributed by atoms with E-state index in [2.05, 4.69) is 30.8 Å². The summed E-state index contributed by atoms with van der Waals surface area (Å²) in [6.45, 7) is 7.35. The molecule has 0 radical (unpaired) electrons. The molecule has 1 N–H and O–H groups in total. The highest BCUT2D eigenvalue weighted by molar-refractivity contribution is 5.70. The minimum Gasteiger partial charge on any atom is -0.466 e. The van der Waals surface area contributed by atoms with E-state index in [4.69, 9.17) is 4.74 Å². The summed E-state index contributed by atoms with van der Waals surface area (Å²) in [7, 11) is 1.33. The van der Waals surface area contributed by atoms with Gasteiger partial charge in [-0.3, -0.25) is 4.79 Å². The van der Waals surface area contributed by atoms with Crippen LogP contribution in [0.2, 0.25) is 0 Å². The molecular weight excluding hydrogens is 294 g/mol. The van der Waals surface area contributed by atoms with Gasteiger partial charge in [0, 0.05) is 6.54 Å². The summed E-state index contributed by atoms with van der Waals surface area (Å²) in [6.07, 6.45) is 7.81. The van der Waals surface area contributed by atoms with E-state index in [0.717, 1.165) is 19.3 Å². The standard InChI is InChI=1S/C18H35NO4/c1-5-6-7-8-9-10-11-23-17(20)13-16(12-15(2)3)14-19-18(21)22-4/h15-16H,5-14H2,1-4H3,(H,19,21)/t16-/m0/s1. The van der Waals surface area contributed by atoms with Crippen LogP contribution in [0.1, 0.15) is 72.1 Å². The van der Waals surface area contributed by atoms with Crippen LogP contribution in [-0.4, -0.2) is 32.3 Å². The average molecular weight is 329 g/mol. The highest BCUT2D eigenvalue weighted by Gasteiger charge is 2.17. The third-order valence-corrected chi connectivity index (χ3v) is 3.74. The predicted molar refractivity (Wildman–Crippen MR) is 92.3 cm³/mol. The summed E-state index contributed by atoms with van der Waals surface area (Å²) in [5.41, 5.74) is 0. The Kier molecular flexibility index (Phi) is 13.6. The van der Waals surface area contributed by atoms with E-state index < -0.39 is 6.09 Å². The van der Waals surface area contributed by atoms with Gasteiger partial charge in [0.05, 0.1) is 20.1 Å². The molecule has 1 atom stereocenters. The molecule has 0 rings (SSSR count). The summed E-state index contributed by atoms with van der Waals surface area (Å²) in [6, 6.07) is 0. The van der Waals surface area contributed by atoms with Crippen molar-refractivity contribution in [3.8, 4) is 0 Å². The summed E-state index contributed by atoms with van der Waals surface area (Å²) in [4.78, 5) is 23.1. The Morgan fingerprint density at radius 3 is 2.30 bits per heavy atom. The third-order valence-electron chi connectivity index (χ3n) is 3.74. The van der Waals surface area contributed by atoms with Crippen LogP contribution in [0.5, 0.6) is 0 Å². The second kappa shape index (κ2) is 14.3. The van der Waals surface area contributed by atoms with Gasteiger partial charge >= 0.3 is 12.1 Å². The molecule has 0 saturated heterocycles. The van der Waals surface area contributed by atoms with Crippen LogP contribution >= 0.6 is 0 Å². The van der Waals surface area contributed by atoms with Crippen molar-refractivity contribution in [2.75, 3.05) is 20.3 Å². The number of methoxy groups -OCH3 is 1. The molecule has 1 amide bonds. The Balaban J connectivity index is 3.91. The fraction of sp³-hybridized carbons (Fsp3) is 0.889. The Hall–Kier alpha value is -1.26. The van der Waals surface area contributed by atoms with Gasteiger partial charge in [-0.25, -0.2) is 4.79 Å². The van der Waals surface area contributed by atoms with E-state index in [0.29, 0.717) is 25.5 Å². The third kappa shape index (κ3) is 14.1. The van der Waals surface area contributed by atoms with Crippen molar-refractivity contribution in [1.82, 2.24) is 5.32 Å². The van der Waals surface area contributed by atoms with Gasteiger partial charge in [0.25, 0.3) is 0 Å². The fourth-order valence-electron chi connectivity index (χ4n) is 2.57. The number of carbonyl (C=O) groups is 2. The van der Waals surface area contributed by atoms with Gasteiger partial charge in [0.2, 0.25) is 0 Å². The summed E-state index contributed by atoms with van der Waals surface area (Å²) < 4.78 is 9.87. The number of alkyl carbamates (subject to hydrolysis) is 1. The maximum absolute atomic E-state index is 11.9. The summed E-state index contributed by atoms with van der Waals surface area (Å²) in [5.74, 6) is 0.382. The van der Waals surface area contributed by atoms with Crippen molar-refractivity contribution in [3.05, 3.63) is 0 Å². The maximum Gasteiger partial charge on any atom is 0.406 e. The van der Waals surface area contributed by atoms with E-state index in [9.17, 15) is 9.59 Å². The molecule has 0 aromatic heterocycles. The molecule has 5 nitrogen and oxygen atoms in total. The van der Waals surface area contributed by atoms with Crippen molar-refractivity contribution in [2.24, 2.45) is 11.8 Å². The van der Waals surface area contributed by atoms with Crippen molar-refractivity contribution >= 4 is 12.1 Å². The van der Waals surface area contributed by atoms with Gasteiger partial charge in [-0.1, -0.05) is 52.9 Å².